The van der Waals surface area contributed by atoms with Crippen molar-refractivity contribution in [1.82, 2.24) is 0 Å². The molecule has 322 valence electrons. The molecule has 8 atom stereocenters. The molecule has 0 aliphatic heterocycles. The van der Waals surface area contributed by atoms with Crippen molar-refractivity contribution < 1.29 is 63.1 Å². The summed E-state index contributed by atoms with van der Waals surface area (Å²) in [5.74, 6) is -1.19. The van der Waals surface area contributed by atoms with Gasteiger partial charge >= 0.3 is 19.8 Å². The maximum absolute atomic E-state index is 12.8. The fourth-order valence-electron chi connectivity index (χ4n) is 5.36. The van der Waals surface area contributed by atoms with Crippen molar-refractivity contribution in [2.75, 3.05) is 13.2 Å². The quantitative estimate of drug-likeness (QED) is 0.0193. The summed E-state index contributed by atoms with van der Waals surface area (Å²) < 4.78 is 33.3. The minimum atomic E-state index is -5.14. The largest absolute Gasteiger partial charge is 0.472 e. The van der Waals surface area contributed by atoms with Gasteiger partial charge in [0.2, 0.25) is 0 Å². The van der Waals surface area contributed by atoms with E-state index in [0.29, 0.717) is 12.8 Å². The highest BCUT2D eigenvalue weighted by Crippen LogP contribution is 2.47. The van der Waals surface area contributed by atoms with Crippen LogP contribution in [-0.4, -0.2) is 98.3 Å². The van der Waals surface area contributed by atoms with Gasteiger partial charge in [0.1, 0.15) is 43.2 Å². The van der Waals surface area contributed by atoms with Gasteiger partial charge in [0.25, 0.3) is 0 Å². The van der Waals surface area contributed by atoms with E-state index < -0.39 is 75.7 Å². The van der Waals surface area contributed by atoms with Crippen molar-refractivity contribution in [2.45, 2.75) is 146 Å². The van der Waals surface area contributed by atoms with Gasteiger partial charge < -0.3 is 39.9 Å². The number of aliphatic hydroxyl groups is 5. The van der Waals surface area contributed by atoms with E-state index in [0.717, 1.165) is 64.2 Å². The number of phosphoric ester groups is 1. The first-order chi connectivity index (χ1) is 27.4. The van der Waals surface area contributed by atoms with Crippen molar-refractivity contribution >= 4 is 19.8 Å². The second-order valence-corrected chi connectivity index (χ2v) is 15.0. The van der Waals surface area contributed by atoms with E-state index in [-0.39, 0.29) is 12.8 Å². The van der Waals surface area contributed by atoms with Crippen LogP contribution in [0.15, 0.2) is 97.2 Å². The number of carbonyl (C=O) groups is 2. The van der Waals surface area contributed by atoms with Crippen LogP contribution in [0, 0.1) is 0 Å². The number of allylic oxidation sites excluding steroid dienone is 16. The van der Waals surface area contributed by atoms with Gasteiger partial charge in [0, 0.05) is 12.8 Å². The number of hydrogen-bond donors (Lipinski definition) is 6. The molecule has 0 saturated heterocycles. The molecule has 6 N–H and O–H groups in total. The lowest BCUT2D eigenvalue weighted by Gasteiger charge is -2.41. The summed E-state index contributed by atoms with van der Waals surface area (Å²) in [6.07, 6.45) is 29.1. The molecule has 1 aliphatic carbocycles. The van der Waals surface area contributed by atoms with Gasteiger partial charge in [-0.3, -0.25) is 18.6 Å². The summed E-state index contributed by atoms with van der Waals surface area (Å²) in [6.45, 7) is 2.92. The summed E-state index contributed by atoms with van der Waals surface area (Å²) in [4.78, 5) is 35.5. The third-order valence-electron chi connectivity index (χ3n) is 8.61. The van der Waals surface area contributed by atoms with E-state index in [2.05, 4.69) is 32.1 Å². The smallest absolute Gasteiger partial charge is 0.462 e. The van der Waals surface area contributed by atoms with Crippen LogP contribution in [0.1, 0.15) is 104 Å². The molecule has 14 heteroatoms. The molecule has 0 amide bonds. The Morgan fingerprint density at radius 3 is 1.46 bits per heavy atom. The summed E-state index contributed by atoms with van der Waals surface area (Å²) in [7, 11) is -5.14. The number of esters is 2. The molecule has 0 aromatic rings. The maximum atomic E-state index is 12.8. The third kappa shape index (κ3) is 25.7. The second-order valence-electron chi connectivity index (χ2n) is 13.6. The van der Waals surface area contributed by atoms with E-state index in [1.807, 2.05) is 79.0 Å². The first-order valence-electron chi connectivity index (χ1n) is 20.1. The summed E-state index contributed by atoms with van der Waals surface area (Å²) >= 11 is 0. The zero-order valence-corrected chi connectivity index (χ0v) is 34.5. The third-order valence-corrected chi connectivity index (χ3v) is 9.60. The van der Waals surface area contributed by atoms with Crippen LogP contribution in [0.4, 0.5) is 0 Å². The summed E-state index contributed by atoms with van der Waals surface area (Å²) in [5.41, 5.74) is 0. The highest BCUT2D eigenvalue weighted by molar-refractivity contribution is 7.47. The van der Waals surface area contributed by atoms with Crippen LogP contribution in [0.5, 0.6) is 0 Å². The standard InChI is InChI=1S/C43H67O13P/c1-3-5-7-9-11-13-15-17-18-20-21-23-25-27-29-31-36(44)53-33-35(34-54-57(51,52)56-43-41(49)39(47)38(46)40(48)42(43)50)55-37(45)32-30-28-26-24-22-19-16-14-12-10-8-6-4-2/h5-19,22,35,38-43,46-50H,3-4,20-21,23-34H2,1-2H3,(H,51,52)/b7-5+,8-6+,11-9+,12-10+,15-13+,16-14+,18-17+,22-19+/t35?,38?,39-,40?,41?,42?,43?/m0/s1. The Morgan fingerprint density at radius 2 is 0.947 bits per heavy atom. The van der Waals surface area contributed by atoms with Gasteiger partial charge in [-0.2, -0.15) is 0 Å². The van der Waals surface area contributed by atoms with Crippen molar-refractivity contribution in [2.24, 2.45) is 0 Å². The minimum Gasteiger partial charge on any atom is -0.462 e. The van der Waals surface area contributed by atoms with Gasteiger partial charge in [-0.1, -0.05) is 137 Å². The van der Waals surface area contributed by atoms with Crippen LogP contribution >= 0.6 is 7.82 Å². The Bertz CT molecular complexity index is 1370. The fourth-order valence-corrected chi connectivity index (χ4v) is 6.34. The predicted octanol–water partition coefficient (Wildman–Crippen LogP) is 6.71. The molecule has 1 aliphatic rings. The molecular weight excluding hydrogens is 755 g/mol. The zero-order chi connectivity index (χ0) is 42.2. The fraction of sp³-hybridized carbons (Fsp3) is 0.581. The second kappa shape index (κ2) is 32.7. The molecule has 0 radical (unpaired) electrons. The molecular formula is C43H67O13P. The van der Waals surface area contributed by atoms with E-state index in [1.54, 1.807) is 0 Å². The first kappa shape index (κ1) is 51.8. The summed E-state index contributed by atoms with van der Waals surface area (Å²) in [6, 6.07) is 0. The number of ether oxygens (including phenoxy) is 2. The molecule has 13 nitrogen and oxygen atoms in total. The number of rotatable bonds is 30. The lowest BCUT2D eigenvalue weighted by Crippen LogP contribution is -2.64. The van der Waals surface area contributed by atoms with E-state index in [4.69, 9.17) is 18.5 Å². The molecule has 0 aromatic carbocycles. The Labute approximate surface area is 339 Å². The molecule has 0 bridgehead atoms. The van der Waals surface area contributed by atoms with E-state index >= 15 is 0 Å². The lowest BCUT2D eigenvalue weighted by molar-refractivity contribution is -0.220. The average Bonchev–Trinajstić information content (AvgIpc) is 3.19. The number of unbranched alkanes of at least 4 members (excludes halogenated alkanes) is 8. The maximum Gasteiger partial charge on any atom is 0.472 e. The topological polar surface area (TPSA) is 210 Å². The van der Waals surface area contributed by atoms with Crippen LogP contribution < -0.4 is 0 Å². The van der Waals surface area contributed by atoms with Crippen molar-refractivity contribution in [1.29, 1.82) is 0 Å². The number of hydrogen-bond acceptors (Lipinski definition) is 12. The normalized spacial score (nSPS) is 23.7. The molecule has 1 fully saturated rings. The first-order valence-corrected chi connectivity index (χ1v) is 21.6. The van der Waals surface area contributed by atoms with Crippen LogP contribution in [0.3, 0.4) is 0 Å². The average molecular weight is 823 g/mol. The molecule has 57 heavy (non-hydrogen) atoms. The number of aliphatic hydroxyl groups excluding tert-OH is 5. The molecule has 7 unspecified atom stereocenters. The SMILES string of the molecule is CC/C=C/C=C/C=C/C=C/CCCCCCCC(=O)OCC(COP(=O)(O)OC1C(O)C(O)C(O)[C@H](O)C1O)OC(=O)CCCCC/C=C/C=C/C=C/C=C/CC. The van der Waals surface area contributed by atoms with Crippen LogP contribution in [-0.2, 0) is 32.7 Å². The molecule has 1 saturated carbocycles. The lowest BCUT2D eigenvalue weighted by atomic mass is 9.85. The Hall–Kier alpha value is -3.23. The Balaban J connectivity index is 2.58. The highest BCUT2D eigenvalue weighted by atomic mass is 31.2. The molecule has 0 spiro atoms. The highest BCUT2D eigenvalue weighted by Gasteiger charge is 2.51. The molecule has 1 rings (SSSR count). The Morgan fingerprint density at radius 1 is 0.544 bits per heavy atom. The number of phosphoric acid groups is 1. The van der Waals surface area contributed by atoms with Gasteiger partial charge in [-0.25, -0.2) is 4.57 Å². The Kier molecular flexibility index (Phi) is 29.7. The van der Waals surface area contributed by atoms with Crippen molar-refractivity contribution in [3.8, 4) is 0 Å². The van der Waals surface area contributed by atoms with E-state index in [9.17, 15) is 44.6 Å². The van der Waals surface area contributed by atoms with Crippen molar-refractivity contribution in [3.63, 3.8) is 0 Å². The van der Waals surface area contributed by atoms with Crippen LogP contribution in [0.25, 0.3) is 0 Å². The van der Waals surface area contributed by atoms with Crippen molar-refractivity contribution in [3.05, 3.63) is 97.2 Å². The van der Waals surface area contributed by atoms with E-state index in [1.165, 1.54) is 0 Å². The van der Waals surface area contributed by atoms with Crippen LogP contribution in [0.2, 0.25) is 0 Å². The van der Waals surface area contributed by atoms with Gasteiger partial charge in [0.15, 0.2) is 6.10 Å². The minimum absolute atomic E-state index is 0.0385. The summed E-state index contributed by atoms with van der Waals surface area (Å²) in [5, 5.41) is 50.0. The molecule has 0 aromatic heterocycles. The monoisotopic (exact) mass is 822 g/mol. The van der Waals surface area contributed by atoms with Gasteiger partial charge in [-0.15, -0.1) is 0 Å². The zero-order valence-electron chi connectivity index (χ0n) is 33.6. The van der Waals surface area contributed by atoms with Gasteiger partial charge in [0.05, 0.1) is 6.61 Å². The van der Waals surface area contributed by atoms with Gasteiger partial charge in [-0.05, 0) is 51.4 Å². The molecule has 0 heterocycles. The predicted molar refractivity (Wildman–Crippen MR) is 221 cm³/mol. The number of carbonyl (C=O) groups excluding carboxylic acids is 2.